The average molecular weight is 408 g/mol. The first-order valence-electron chi connectivity index (χ1n) is 9.43. The number of carbonyl (C=O) groups excluding carboxylic acids is 1. The molecule has 3 aromatic rings. The second-order valence-corrected chi connectivity index (χ2v) is 7.11. The van der Waals surface area contributed by atoms with Crippen LogP contribution in [0.5, 0.6) is 5.75 Å². The third-order valence-electron chi connectivity index (χ3n) is 5.16. The lowest BCUT2D eigenvalue weighted by Gasteiger charge is -2.44. The molecule has 0 unspecified atom stereocenters. The van der Waals surface area contributed by atoms with Gasteiger partial charge in [-0.25, -0.2) is 19.3 Å². The van der Waals surface area contributed by atoms with Crippen molar-refractivity contribution in [2.24, 2.45) is 0 Å². The highest BCUT2D eigenvalue weighted by atomic mass is 19.1. The molecule has 1 aromatic carbocycles. The molecule has 0 saturated carbocycles. The Hall–Kier alpha value is -3.62. The monoisotopic (exact) mass is 408 g/mol. The zero-order valence-corrected chi connectivity index (χ0v) is 16.9. The van der Waals surface area contributed by atoms with Gasteiger partial charge in [0.15, 0.2) is 11.6 Å². The summed E-state index contributed by atoms with van der Waals surface area (Å²) < 4.78 is 20.2. The Balaban J connectivity index is 1.46. The molecule has 1 amide bonds. The summed E-state index contributed by atoms with van der Waals surface area (Å²) in [5.41, 5.74) is 1.90. The summed E-state index contributed by atoms with van der Waals surface area (Å²) in [5.74, 6) is 0.210. The number of methoxy groups -OCH3 is 1. The normalized spacial score (nSPS) is 13.7. The van der Waals surface area contributed by atoms with Crippen molar-refractivity contribution in [3.05, 3.63) is 60.2 Å². The fourth-order valence-corrected chi connectivity index (χ4v) is 3.25. The van der Waals surface area contributed by atoms with Crippen molar-refractivity contribution in [1.29, 1.82) is 0 Å². The van der Waals surface area contributed by atoms with Gasteiger partial charge < -0.3 is 14.5 Å². The third-order valence-corrected chi connectivity index (χ3v) is 5.16. The lowest BCUT2D eigenvalue weighted by Crippen LogP contribution is -2.60. The second-order valence-electron chi connectivity index (χ2n) is 7.11. The standard InChI is InChI=1S/C21H21FN6O2/c1-13-8-24-17(9-23-13)21(29)27(2)15-10-28(11-15)20-18(22)19(25-12-26-20)14-4-6-16(30-3)7-5-14/h4-9,12,15H,10-11H2,1-3H3. The van der Waals surface area contributed by atoms with Crippen molar-refractivity contribution >= 4 is 11.7 Å². The summed E-state index contributed by atoms with van der Waals surface area (Å²) in [4.78, 5) is 32.5. The molecule has 1 saturated heterocycles. The van der Waals surface area contributed by atoms with E-state index in [0.29, 0.717) is 24.4 Å². The van der Waals surface area contributed by atoms with Gasteiger partial charge in [-0.2, -0.15) is 0 Å². The molecule has 0 aliphatic carbocycles. The van der Waals surface area contributed by atoms with Gasteiger partial charge in [0.2, 0.25) is 0 Å². The number of hydrogen-bond donors (Lipinski definition) is 0. The molecule has 30 heavy (non-hydrogen) atoms. The topological polar surface area (TPSA) is 84.3 Å². The van der Waals surface area contributed by atoms with Crippen LogP contribution in [0.2, 0.25) is 0 Å². The molecule has 2 aromatic heterocycles. The number of halogens is 1. The molecule has 0 N–H and O–H groups in total. The van der Waals surface area contributed by atoms with Crippen LogP contribution >= 0.6 is 0 Å². The summed E-state index contributed by atoms with van der Waals surface area (Å²) in [6, 6.07) is 6.94. The Morgan fingerprint density at radius 1 is 1.13 bits per heavy atom. The molecule has 4 rings (SSSR count). The summed E-state index contributed by atoms with van der Waals surface area (Å²) in [6.45, 7) is 2.75. The predicted octanol–water partition coefficient (Wildman–Crippen LogP) is 2.35. The number of likely N-dealkylation sites (N-methyl/N-ethyl adjacent to an activating group) is 1. The van der Waals surface area contributed by atoms with Crippen molar-refractivity contribution in [3.8, 4) is 17.0 Å². The molecule has 0 spiro atoms. The number of nitrogens with zero attached hydrogens (tertiary/aromatic N) is 6. The van der Waals surface area contributed by atoms with Crippen LogP contribution in [0.1, 0.15) is 16.2 Å². The number of carbonyl (C=O) groups is 1. The second kappa shape index (κ2) is 8.02. The minimum Gasteiger partial charge on any atom is -0.497 e. The summed E-state index contributed by atoms with van der Waals surface area (Å²) >= 11 is 0. The fraction of sp³-hybridized carbons (Fsp3) is 0.286. The van der Waals surface area contributed by atoms with Crippen molar-refractivity contribution in [2.45, 2.75) is 13.0 Å². The van der Waals surface area contributed by atoms with Gasteiger partial charge in [-0.1, -0.05) is 0 Å². The highest BCUT2D eigenvalue weighted by Gasteiger charge is 2.35. The molecule has 0 radical (unpaired) electrons. The molecule has 1 aliphatic rings. The number of hydrogen-bond acceptors (Lipinski definition) is 7. The van der Waals surface area contributed by atoms with E-state index in [-0.39, 0.29) is 29.2 Å². The number of rotatable bonds is 5. The molecule has 8 nitrogen and oxygen atoms in total. The maximum Gasteiger partial charge on any atom is 0.274 e. The highest BCUT2D eigenvalue weighted by Crippen LogP contribution is 2.30. The van der Waals surface area contributed by atoms with E-state index in [1.54, 1.807) is 54.4 Å². The molecular weight excluding hydrogens is 387 g/mol. The van der Waals surface area contributed by atoms with E-state index >= 15 is 4.39 Å². The zero-order chi connectivity index (χ0) is 21.3. The van der Waals surface area contributed by atoms with E-state index in [1.807, 2.05) is 6.92 Å². The minimum absolute atomic E-state index is 0.0700. The van der Waals surface area contributed by atoms with Gasteiger partial charge in [0, 0.05) is 31.9 Å². The van der Waals surface area contributed by atoms with Crippen LogP contribution in [-0.2, 0) is 0 Å². The molecule has 1 aliphatic heterocycles. The van der Waals surface area contributed by atoms with E-state index < -0.39 is 5.82 Å². The maximum atomic E-state index is 15.1. The number of benzene rings is 1. The third kappa shape index (κ3) is 3.66. The van der Waals surface area contributed by atoms with E-state index in [0.717, 1.165) is 5.69 Å². The van der Waals surface area contributed by atoms with Crippen molar-refractivity contribution in [1.82, 2.24) is 24.8 Å². The lowest BCUT2D eigenvalue weighted by atomic mass is 10.1. The van der Waals surface area contributed by atoms with Crippen molar-refractivity contribution in [2.75, 3.05) is 32.1 Å². The average Bonchev–Trinajstić information content (AvgIpc) is 2.74. The van der Waals surface area contributed by atoms with Gasteiger partial charge in [-0.05, 0) is 31.2 Å². The smallest absolute Gasteiger partial charge is 0.274 e. The molecule has 1 fully saturated rings. The molecule has 9 heteroatoms. The Kier molecular flexibility index (Phi) is 5.26. The molecule has 0 bridgehead atoms. The van der Waals surface area contributed by atoms with Crippen LogP contribution in [0.4, 0.5) is 10.2 Å². The summed E-state index contributed by atoms with van der Waals surface area (Å²) in [6.07, 6.45) is 4.38. The maximum absolute atomic E-state index is 15.1. The van der Waals surface area contributed by atoms with Crippen LogP contribution in [0.3, 0.4) is 0 Å². The molecular formula is C21H21FN6O2. The Labute approximate surface area is 173 Å². The number of anilines is 1. The number of aryl methyl sites for hydroxylation is 1. The van der Waals surface area contributed by atoms with Gasteiger partial charge in [-0.3, -0.25) is 9.78 Å². The number of ether oxygens (including phenoxy) is 1. The van der Waals surface area contributed by atoms with Crippen LogP contribution in [0, 0.1) is 12.7 Å². The predicted molar refractivity (Wildman–Crippen MR) is 109 cm³/mol. The molecule has 0 atom stereocenters. The Morgan fingerprint density at radius 3 is 2.50 bits per heavy atom. The number of aromatic nitrogens is 4. The lowest BCUT2D eigenvalue weighted by molar-refractivity contribution is 0.0698. The van der Waals surface area contributed by atoms with Crippen LogP contribution in [0.25, 0.3) is 11.3 Å². The first kappa shape index (κ1) is 19.7. The van der Waals surface area contributed by atoms with E-state index in [9.17, 15) is 4.79 Å². The Morgan fingerprint density at radius 2 is 1.87 bits per heavy atom. The van der Waals surface area contributed by atoms with Crippen LogP contribution in [0.15, 0.2) is 43.0 Å². The van der Waals surface area contributed by atoms with Gasteiger partial charge in [0.1, 0.15) is 23.5 Å². The fourth-order valence-electron chi connectivity index (χ4n) is 3.25. The highest BCUT2D eigenvalue weighted by molar-refractivity contribution is 5.92. The van der Waals surface area contributed by atoms with E-state index in [2.05, 4.69) is 19.9 Å². The minimum atomic E-state index is -0.487. The van der Waals surface area contributed by atoms with Gasteiger partial charge in [0.05, 0.1) is 25.0 Å². The SMILES string of the molecule is COc1ccc(-c2ncnc(N3CC(N(C)C(=O)c4cnc(C)cn4)C3)c2F)cc1. The quantitative estimate of drug-likeness (QED) is 0.641. The summed E-state index contributed by atoms with van der Waals surface area (Å²) in [7, 11) is 3.29. The molecule has 3 heterocycles. The van der Waals surface area contributed by atoms with Gasteiger partial charge in [0.25, 0.3) is 5.91 Å². The Bertz CT molecular complexity index is 1050. The first-order valence-corrected chi connectivity index (χ1v) is 9.43. The van der Waals surface area contributed by atoms with E-state index in [4.69, 9.17) is 4.74 Å². The zero-order valence-electron chi connectivity index (χ0n) is 16.9. The van der Waals surface area contributed by atoms with Gasteiger partial charge in [-0.15, -0.1) is 0 Å². The van der Waals surface area contributed by atoms with E-state index in [1.165, 1.54) is 12.5 Å². The van der Waals surface area contributed by atoms with Gasteiger partial charge >= 0.3 is 0 Å². The van der Waals surface area contributed by atoms with Crippen molar-refractivity contribution in [3.63, 3.8) is 0 Å². The largest absolute Gasteiger partial charge is 0.497 e. The van der Waals surface area contributed by atoms with Crippen LogP contribution < -0.4 is 9.64 Å². The first-order chi connectivity index (χ1) is 14.5. The molecule has 154 valence electrons. The van der Waals surface area contributed by atoms with Crippen molar-refractivity contribution < 1.29 is 13.9 Å². The summed E-state index contributed by atoms with van der Waals surface area (Å²) in [5, 5.41) is 0. The number of amides is 1. The van der Waals surface area contributed by atoms with Crippen LogP contribution in [-0.4, -0.2) is 64.0 Å².